The minimum atomic E-state index is -0.258. The lowest BCUT2D eigenvalue weighted by molar-refractivity contribution is 0.0952. The Kier molecular flexibility index (Phi) is 5.03. The number of aryl methyl sites for hydroxylation is 1. The van der Waals surface area contributed by atoms with Crippen LogP contribution in [-0.4, -0.2) is 42.1 Å². The highest BCUT2D eigenvalue weighted by molar-refractivity contribution is 5.90. The second-order valence-corrected chi connectivity index (χ2v) is 6.54. The average Bonchev–Trinajstić information content (AvgIpc) is 3.28. The van der Waals surface area contributed by atoms with Crippen LogP contribution < -0.4 is 15.5 Å². The largest absolute Gasteiger partial charge is 0.472 e. The summed E-state index contributed by atoms with van der Waals surface area (Å²) in [5.41, 5.74) is 3.01. The van der Waals surface area contributed by atoms with E-state index in [0.29, 0.717) is 6.04 Å². The van der Waals surface area contributed by atoms with Gasteiger partial charge < -0.3 is 20.0 Å². The zero-order valence-electron chi connectivity index (χ0n) is 15.2. The fourth-order valence-corrected chi connectivity index (χ4v) is 3.19. The van der Waals surface area contributed by atoms with Crippen LogP contribution >= 0.6 is 0 Å². The van der Waals surface area contributed by atoms with Gasteiger partial charge in [0.15, 0.2) is 0 Å². The van der Waals surface area contributed by atoms with E-state index in [1.165, 1.54) is 0 Å². The number of rotatable bonds is 5. The fourth-order valence-electron chi connectivity index (χ4n) is 3.19. The minimum Gasteiger partial charge on any atom is -0.472 e. The molecular weight excluding hydrogens is 318 g/mol. The number of amides is 1. The second kappa shape index (κ2) is 7.23. The minimum absolute atomic E-state index is 0.226. The van der Waals surface area contributed by atoms with Gasteiger partial charge in [-0.05, 0) is 33.3 Å². The predicted octanol–water partition coefficient (Wildman–Crippen LogP) is 1.98. The molecule has 1 aliphatic rings. The predicted molar refractivity (Wildman–Crippen MR) is 95.8 cm³/mol. The van der Waals surface area contributed by atoms with E-state index in [0.717, 1.165) is 42.1 Å². The summed E-state index contributed by atoms with van der Waals surface area (Å²) in [5.74, 6) is 0.821. The molecular formula is C18H25N5O2. The third-order valence-electron chi connectivity index (χ3n) is 4.81. The molecule has 134 valence electrons. The molecule has 2 aromatic heterocycles. The van der Waals surface area contributed by atoms with Crippen molar-refractivity contribution in [3.05, 3.63) is 41.2 Å². The SMILES string of the molecule is CNC(=O)c1nc(C)c(C)c(N2CC[C@@H](NC(C)c3ccoc3)C2)n1. The lowest BCUT2D eigenvalue weighted by Gasteiger charge is -2.22. The Morgan fingerprint density at radius 2 is 2.20 bits per heavy atom. The van der Waals surface area contributed by atoms with Crippen LogP contribution in [0.4, 0.5) is 5.82 Å². The smallest absolute Gasteiger partial charge is 0.288 e. The molecule has 0 radical (unpaired) electrons. The van der Waals surface area contributed by atoms with Crippen LogP contribution in [0.15, 0.2) is 23.0 Å². The molecule has 0 aromatic carbocycles. The van der Waals surface area contributed by atoms with Crippen LogP contribution in [0.25, 0.3) is 0 Å². The zero-order valence-corrected chi connectivity index (χ0v) is 15.2. The van der Waals surface area contributed by atoms with Crippen LogP contribution in [0.5, 0.6) is 0 Å². The first-order valence-electron chi connectivity index (χ1n) is 8.60. The topological polar surface area (TPSA) is 83.3 Å². The molecule has 25 heavy (non-hydrogen) atoms. The van der Waals surface area contributed by atoms with E-state index in [2.05, 4.69) is 32.4 Å². The van der Waals surface area contributed by atoms with Crippen LogP contribution in [0.3, 0.4) is 0 Å². The van der Waals surface area contributed by atoms with Crippen molar-refractivity contribution in [3.8, 4) is 0 Å². The van der Waals surface area contributed by atoms with Gasteiger partial charge in [-0.3, -0.25) is 4.79 Å². The Balaban J connectivity index is 1.73. The number of hydrogen-bond acceptors (Lipinski definition) is 6. The number of nitrogens with one attached hydrogen (secondary N) is 2. The monoisotopic (exact) mass is 343 g/mol. The van der Waals surface area contributed by atoms with Crippen molar-refractivity contribution in [2.75, 3.05) is 25.0 Å². The summed E-state index contributed by atoms with van der Waals surface area (Å²) in [6.45, 7) is 7.82. The van der Waals surface area contributed by atoms with E-state index in [-0.39, 0.29) is 17.8 Å². The summed E-state index contributed by atoms with van der Waals surface area (Å²) in [7, 11) is 1.59. The van der Waals surface area contributed by atoms with Gasteiger partial charge in [-0.1, -0.05) is 0 Å². The highest BCUT2D eigenvalue weighted by Gasteiger charge is 2.27. The van der Waals surface area contributed by atoms with Crippen LogP contribution in [0.1, 0.15) is 46.8 Å². The normalized spacial score (nSPS) is 18.4. The van der Waals surface area contributed by atoms with Gasteiger partial charge in [-0.25, -0.2) is 9.97 Å². The number of nitrogens with zero attached hydrogens (tertiary/aromatic N) is 3. The van der Waals surface area contributed by atoms with Crippen molar-refractivity contribution in [1.29, 1.82) is 0 Å². The van der Waals surface area contributed by atoms with E-state index in [9.17, 15) is 4.79 Å². The Morgan fingerprint density at radius 3 is 2.88 bits per heavy atom. The van der Waals surface area contributed by atoms with Crippen molar-refractivity contribution in [2.24, 2.45) is 0 Å². The van der Waals surface area contributed by atoms with Crippen molar-refractivity contribution in [1.82, 2.24) is 20.6 Å². The average molecular weight is 343 g/mol. The number of hydrogen-bond donors (Lipinski definition) is 2. The molecule has 1 fully saturated rings. The van der Waals surface area contributed by atoms with E-state index in [4.69, 9.17) is 4.42 Å². The molecule has 1 saturated heterocycles. The summed E-state index contributed by atoms with van der Waals surface area (Å²) in [4.78, 5) is 23.0. The van der Waals surface area contributed by atoms with Crippen molar-refractivity contribution in [3.63, 3.8) is 0 Å². The maximum atomic E-state index is 11.9. The van der Waals surface area contributed by atoms with Crippen LogP contribution in [0, 0.1) is 13.8 Å². The summed E-state index contributed by atoms with van der Waals surface area (Å²) < 4.78 is 5.16. The lowest BCUT2D eigenvalue weighted by Crippen LogP contribution is -2.35. The molecule has 0 bridgehead atoms. The van der Waals surface area contributed by atoms with E-state index in [1.54, 1.807) is 19.6 Å². The molecule has 1 unspecified atom stereocenters. The van der Waals surface area contributed by atoms with Gasteiger partial charge in [0.25, 0.3) is 5.91 Å². The quantitative estimate of drug-likeness (QED) is 0.864. The van der Waals surface area contributed by atoms with Crippen molar-refractivity contribution >= 4 is 11.7 Å². The maximum Gasteiger partial charge on any atom is 0.288 e. The second-order valence-electron chi connectivity index (χ2n) is 6.54. The number of carbonyl (C=O) groups excluding carboxylic acids is 1. The number of aromatic nitrogens is 2. The molecule has 7 heteroatoms. The Labute approximate surface area is 147 Å². The van der Waals surface area contributed by atoms with Crippen molar-refractivity contribution < 1.29 is 9.21 Å². The highest BCUT2D eigenvalue weighted by atomic mass is 16.3. The molecule has 0 spiro atoms. The molecule has 0 saturated carbocycles. The van der Waals surface area contributed by atoms with E-state index >= 15 is 0 Å². The standard InChI is InChI=1S/C18H25N5O2/c1-11-12(2)21-16(18(24)19-4)22-17(11)23-7-5-15(9-23)20-13(3)14-6-8-25-10-14/h6,8,10,13,15,20H,5,7,9H2,1-4H3,(H,19,24)/t13?,15-/m1/s1. The molecule has 0 aliphatic carbocycles. The zero-order chi connectivity index (χ0) is 18.0. The molecule has 2 aromatic rings. The third-order valence-corrected chi connectivity index (χ3v) is 4.81. The summed E-state index contributed by atoms with van der Waals surface area (Å²) >= 11 is 0. The van der Waals surface area contributed by atoms with Gasteiger partial charge in [-0.2, -0.15) is 0 Å². The maximum absolute atomic E-state index is 11.9. The van der Waals surface area contributed by atoms with E-state index < -0.39 is 0 Å². The molecule has 3 heterocycles. The van der Waals surface area contributed by atoms with Crippen molar-refractivity contribution in [2.45, 2.75) is 39.3 Å². The van der Waals surface area contributed by atoms with Crippen LogP contribution in [0.2, 0.25) is 0 Å². The van der Waals surface area contributed by atoms with Gasteiger partial charge in [0, 0.05) is 49.0 Å². The molecule has 2 N–H and O–H groups in total. The summed E-state index contributed by atoms with van der Waals surface area (Å²) in [6, 6.07) is 2.58. The van der Waals surface area contributed by atoms with Crippen LogP contribution in [-0.2, 0) is 0 Å². The van der Waals surface area contributed by atoms with Gasteiger partial charge in [-0.15, -0.1) is 0 Å². The molecule has 3 rings (SSSR count). The van der Waals surface area contributed by atoms with E-state index in [1.807, 2.05) is 19.9 Å². The number of furan rings is 1. The summed E-state index contributed by atoms with van der Waals surface area (Å²) in [5, 5.41) is 6.23. The van der Waals surface area contributed by atoms with Gasteiger partial charge >= 0.3 is 0 Å². The fraction of sp³-hybridized carbons (Fsp3) is 0.500. The van der Waals surface area contributed by atoms with Gasteiger partial charge in [0.1, 0.15) is 5.82 Å². The Bertz CT molecular complexity index is 744. The lowest BCUT2D eigenvalue weighted by atomic mass is 10.1. The first-order chi connectivity index (χ1) is 12.0. The molecule has 1 amide bonds. The Morgan fingerprint density at radius 1 is 1.40 bits per heavy atom. The molecule has 7 nitrogen and oxygen atoms in total. The number of carbonyl (C=O) groups is 1. The first-order valence-corrected chi connectivity index (χ1v) is 8.60. The van der Waals surface area contributed by atoms with Gasteiger partial charge in [0.2, 0.25) is 5.82 Å². The first kappa shape index (κ1) is 17.4. The number of anilines is 1. The molecule has 1 aliphatic heterocycles. The third kappa shape index (κ3) is 3.66. The molecule has 2 atom stereocenters. The summed E-state index contributed by atoms with van der Waals surface area (Å²) in [6.07, 6.45) is 4.50. The van der Waals surface area contributed by atoms with Gasteiger partial charge in [0.05, 0.1) is 12.5 Å². The Hall–Kier alpha value is -2.41. The highest BCUT2D eigenvalue weighted by Crippen LogP contribution is 2.25.